The Kier molecular flexibility index (Phi) is 3.95. The van der Waals surface area contributed by atoms with Gasteiger partial charge in [0.1, 0.15) is 5.54 Å². The molecule has 0 bridgehead atoms. The smallest absolute Gasteiger partial charge is 0.121 e. The molecule has 2 nitrogen and oxygen atoms in total. The average Bonchev–Trinajstić information content (AvgIpc) is 3.21. The van der Waals surface area contributed by atoms with Crippen LogP contribution in [0.1, 0.15) is 22.3 Å². The lowest BCUT2D eigenvalue weighted by atomic mass is 9.75. The van der Waals surface area contributed by atoms with Crippen molar-refractivity contribution in [3.05, 3.63) is 126 Å². The summed E-state index contributed by atoms with van der Waals surface area (Å²) in [5.74, 6) is 0. The van der Waals surface area contributed by atoms with Crippen molar-refractivity contribution < 1.29 is 0 Å². The SMILES string of the molecule is Cc1ccccc1C(c1ccccc1)(c1ccccc1)n1ccnc1. The van der Waals surface area contributed by atoms with Gasteiger partial charge in [-0.1, -0.05) is 84.9 Å². The molecule has 0 unspecified atom stereocenters. The Morgan fingerprint density at radius 2 is 1.28 bits per heavy atom. The van der Waals surface area contributed by atoms with Crippen LogP contribution in [0.4, 0.5) is 0 Å². The summed E-state index contributed by atoms with van der Waals surface area (Å²) in [5, 5.41) is 0. The fourth-order valence-corrected chi connectivity index (χ4v) is 3.71. The van der Waals surface area contributed by atoms with Gasteiger partial charge in [0.25, 0.3) is 0 Å². The van der Waals surface area contributed by atoms with Gasteiger partial charge in [-0.3, -0.25) is 0 Å². The van der Waals surface area contributed by atoms with E-state index in [2.05, 4.69) is 101 Å². The maximum atomic E-state index is 4.36. The number of aryl methyl sites for hydroxylation is 1. The van der Waals surface area contributed by atoms with Crippen LogP contribution in [-0.4, -0.2) is 9.55 Å². The zero-order valence-electron chi connectivity index (χ0n) is 14.2. The van der Waals surface area contributed by atoms with Crippen LogP contribution >= 0.6 is 0 Å². The van der Waals surface area contributed by atoms with Gasteiger partial charge < -0.3 is 4.57 Å². The number of aromatic nitrogens is 2. The third kappa shape index (κ3) is 2.47. The number of rotatable bonds is 4. The van der Waals surface area contributed by atoms with E-state index in [1.54, 1.807) is 0 Å². The van der Waals surface area contributed by atoms with Crippen molar-refractivity contribution in [1.29, 1.82) is 0 Å². The van der Waals surface area contributed by atoms with Crippen LogP contribution in [0, 0.1) is 6.92 Å². The first kappa shape index (κ1) is 15.4. The predicted molar refractivity (Wildman–Crippen MR) is 102 cm³/mol. The van der Waals surface area contributed by atoms with E-state index in [0.717, 1.165) is 0 Å². The second kappa shape index (κ2) is 6.40. The van der Waals surface area contributed by atoms with E-state index in [1.807, 2.05) is 18.7 Å². The summed E-state index contributed by atoms with van der Waals surface area (Å²) < 4.78 is 2.21. The Labute approximate surface area is 148 Å². The molecule has 25 heavy (non-hydrogen) atoms. The molecule has 1 heterocycles. The van der Waals surface area contributed by atoms with Gasteiger partial charge in [-0.2, -0.15) is 0 Å². The van der Waals surface area contributed by atoms with Gasteiger partial charge in [0.05, 0.1) is 6.33 Å². The van der Waals surface area contributed by atoms with Crippen molar-refractivity contribution in [2.75, 3.05) is 0 Å². The topological polar surface area (TPSA) is 17.8 Å². The van der Waals surface area contributed by atoms with Crippen molar-refractivity contribution in [3.63, 3.8) is 0 Å². The Morgan fingerprint density at radius 3 is 1.80 bits per heavy atom. The standard InChI is InChI=1S/C23H20N2/c1-19-10-8-9-15-22(19)23(25-17-16-24-18-25,20-11-4-2-5-12-20)21-13-6-3-7-14-21/h2-18H,1H3. The summed E-state index contributed by atoms with van der Waals surface area (Å²) in [5.41, 5.74) is 4.49. The summed E-state index contributed by atoms with van der Waals surface area (Å²) in [4.78, 5) is 4.36. The number of imidazole rings is 1. The lowest BCUT2D eigenvalue weighted by Gasteiger charge is -2.38. The lowest BCUT2D eigenvalue weighted by molar-refractivity contribution is 0.512. The fraction of sp³-hybridized carbons (Fsp3) is 0.0870. The van der Waals surface area contributed by atoms with Gasteiger partial charge in [-0.25, -0.2) is 4.98 Å². The molecule has 0 spiro atoms. The molecule has 3 aromatic carbocycles. The minimum Gasteiger partial charge on any atom is -0.319 e. The highest BCUT2D eigenvalue weighted by atomic mass is 15.1. The Hall–Kier alpha value is -3.13. The summed E-state index contributed by atoms with van der Waals surface area (Å²) >= 11 is 0. The molecular weight excluding hydrogens is 304 g/mol. The Bertz CT molecular complexity index is 902. The zero-order valence-corrected chi connectivity index (χ0v) is 14.2. The van der Waals surface area contributed by atoms with E-state index < -0.39 is 5.54 Å². The van der Waals surface area contributed by atoms with Crippen molar-refractivity contribution in [2.24, 2.45) is 0 Å². The van der Waals surface area contributed by atoms with E-state index in [9.17, 15) is 0 Å². The van der Waals surface area contributed by atoms with E-state index in [-0.39, 0.29) is 0 Å². The Balaban J connectivity index is 2.15. The van der Waals surface area contributed by atoms with Gasteiger partial charge in [0.15, 0.2) is 0 Å². The molecule has 0 aliphatic heterocycles. The van der Waals surface area contributed by atoms with Gasteiger partial charge in [0, 0.05) is 12.4 Å². The third-order valence-electron chi connectivity index (χ3n) is 4.81. The molecule has 122 valence electrons. The van der Waals surface area contributed by atoms with Crippen molar-refractivity contribution in [3.8, 4) is 0 Å². The average molecular weight is 324 g/mol. The summed E-state index contributed by atoms with van der Waals surface area (Å²) in [6.07, 6.45) is 5.80. The van der Waals surface area contributed by atoms with Crippen LogP contribution in [0.2, 0.25) is 0 Å². The molecule has 0 aliphatic carbocycles. The molecule has 0 atom stereocenters. The molecular formula is C23H20N2. The molecule has 1 aromatic heterocycles. The van der Waals surface area contributed by atoms with Gasteiger partial charge in [-0.05, 0) is 29.2 Å². The quantitative estimate of drug-likeness (QED) is 0.481. The molecule has 4 rings (SSSR count). The Morgan fingerprint density at radius 1 is 0.720 bits per heavy atom. The monoisotopic (exact) mass is 324 g/mol. The van der Waals surface area contributed by atoms with E-state index in [4.69, 9.17) is 0 Å². The molecule has 0 N–H and O–H groups in total. The molecule has 0 radical (unpaired) electrons. The highest BCUT2D eigenvalue weighted by Crippen LogP contribution is 2.41. The first-order chi connectivity index (χ1) is 12.3. The minimum atomic E-state index is -0.454. The second-order valence-electron chi connectivity index (χ2n) is 6.23. The van der Waals surface area contributed by atoms with E-state index >= 15 is 0 Å². The second-order valence-corrected chi connectivity index (χ2v) is 6.23. The number of benzene rings is 3. The first-order valence-electron chi connectivity index (χ1n) is 8.49. The molecule has 4 aromatic rings. The third-order valence-corrected chi connectivity index (χ3v) is 4.81. The van der Waals surface area contributed by atoms with E-state index in [0.29, 0.717) is 0 Å². The van der Waals surface area contributed by atoms with Gasteiger partial charge in [0.2, 0.25) is 0 Å². The van der Waals surface area contributed by atoms with Crippen molar-refractivity contribution in [1.82, 2.24) is 9.55 Å². The van der Waals surface area contributed by atoms with Crippen LogP contribution in [0.5, 0.6) is 0 Å². The number of nitrogens with zero attached hydrogens (tertiary/aromatic N) is 2. The predicted octanol–water partition coefficient (Wildman–Crippen LogP) is 5.03. The molecule has 0 aliphatic rings. The molecule has 0 fully saturated rings. The summed E-state index contributed by atoms with van der Waals surface area (Å²) in [6, 6.07) is 29.9. The van der Waals surface area contributed by atoms with Crippen LogP contribution in [-0.2, 0) is 5.54 Å². The molecule has 0 saturated carbocycles. The number of hydrogen-bond acceptors (Lipinski definition) is 1. The maximum Gasteiger partial charge on any atom is 0.121 e. The molecule has 0 saturated heterocycles. The fourth-order valence-electron chi connectivity index (χ4n) is 3.71. The van der Waals surface area contributed by atoms with Crippen LogP contribution in [0.15, 0.2) is 104 Å². The van der Waals surface area contributed by atoms with Crippen LogP contribution in [0.25, 0.3) is 0 Å². The number of hydrogen-bond donors (Lipinski definition) is 0. The van der Waals surface area contributed by atoms with Crippen LogP contribution < -0.4 is 0 Å². The van der Waals surface area contributed by atoms with Gasteiger partial charge >= 0.3 is 0 Å². The normalized spacial score (nSPS) is 11.4. The lowest BCUT2D eigenvalue weighted by Crippen LogP contribution is -2.37. The zero-order chi connectivity index (χ0) is 17.1. The van der Waals surface area contributed by atoms with Gasteiger partial charge in [-0.15, -0.1) is 0 Å². The summed E-state index contributed by atoms with van der Waals surface area (Å²) in [7, 11) is 0. The summed E-state index contributed by atoms with van der Waals surface area (Å²) in [6.45, 7) is 2.17. The highest BCUT2D eigenvalue weighted by Gasteiger charge is 2.38. The molecule has 0 amide bonds. The highest BCUT2D eigenvalue weighted by molar-refractivity contribution is 5.53. The molecule has 2 heteroatoms. The van der Waals surface area contributed by atoms with Crippen molar-refractivity contribution >= 4 is 0 Å². The van der Waals surface area contributed by atoms with E-state index in [1.165, 1.54) is 22.3 Å². The first-order valence-corrected chi connectivity index (χ1v) is 8.49. The minimum absolute atomic E-state index is 0.454. The maximum absolute atomic E-state index is 4.36. The van der Waals surface area contributed by atoms with Crippen molar-refractivity contribution in [2.45, 2.75) is 12.5 Å². The van der Waals surface area contributed by atoms with Crippen LogP contribution in [0.3, 0.4) is 0 Å². The largest absolute Gasteiger partial charge is 0.319 e.